The molecule has 1 aromatic carbocycles. The van der Waals surface area contributed by atoms with Crippen molar-refractivity contribution in [1.82, 2.24) is 10.2 Å². The normalized spacial score (nSPS) is 30.0. The number of carbonyl (C=O) groups is 1. The maximum absolute atomic E-state index is 13.1. The Hall–Kier alpha value is -1.61. The Bertz CT molecular complexity index is 801. The predicted octanol–water partition coefficient (Wildman–Crippen LogP) is 4.91. The largest absolute Gasteiger partial charge is 0.349 e. The minimum Gasteiger partial charge on any atom is -0.349 e. The molecule has 3 fully saturated rings. The Kier molecular flexibility index (Phi) is 5.06. The highest BCUT2D eigenvalue weighted by atomic mass is 16.1. The Morgan fingerprint density at radius 3 is 2.55 bits per heavy atom. The zero-order chi connectivity index (χ0) is 20.0. The van der Waals surface area contributed by atoms with Crippen LogP contribution in [0.25, 0.3) is 5.57 Å². The second-order valence-corrected chi connectivity index (χ2v) is 10.0. The molecule has 1 N–H and O–H groups in total. The molecule has 1 spiro atoms. The van der Waals surface area contributed by atoms with Gasteiger partial charge in [0.15, 0.2) is 0 Å². The van der Waals surface area contributed by atoms with E-state index < -0.39 is 0 Å². The molecule has 1 saturated heterocycles. The molecule has 1 amide bonds. The number of nitrogens with one attached hydrogen (secondary N) is 1. The van der Waals surface area contributed by atoms with Gasteiger partial charge < -0.3 is 10.2 Å². The molecule has 5 rings (SSSR count). The lowest BCUT2D eigenvalue weighted by Crippen LogP contribution is -2.47. The Morgan fingerprint density at radius 2 is 1.90 bits per heavy atom. The SMILES string of the molecule is CCC(CC)NC(=O)C1=CC2(CCN(C3CC4CCC3C4)CC2)c2ccccc21. The van der Waals surface area contributed by atoms with Crippen LogP contribution < -0.4 is 5.32 Å². The van der Waals surface area contributed by atoms with Crippen LogP contribution in [0.15, 0.2) is 30.3 Å². The number of benzene rings is 1. The molecule has 1 aromatic rings. The first-order valence-electron chi connectivity index (χ1n) is 12.0. The summed E-state index contributed by atoms with van der Waals surface area (Å²) >= 11 is 0. The van der Waals surface area contributed by atoms with Gasteiger partial charge in [0, 0.05) is 23.1 Å². The van der Waals surface area contributed by atoms with Gasteiger partial charge in [-0.1, -0.05) is 50.6 Å². The van der Waals surface area contributed by atoms with E-state index >= 15 is 0 Å². The second kappa shape index (κ2) is 7.58. The highest BCUT2D eigenvalue weighted by Crippen LogP contribution is 2.51. The summed E-state index contributed by atoms with van der Waals surface area (Å²) in [5.74, 6) is 2.09. The van der Waals surface area contributed by atoms with E-state index in [1.54, 1.807) is 0 Å². The summed E-state index contributed by atoms with van der Waals surface area (Å²) in [5.41, 5.74) is 3.54. The van der Waals surface area contributed by atoms with E-state index in [4.69, 9.17) is 0 Å². The first-order valence-corrected chi connectivity index (χ1v) is 12.0. The molecule has 2 bridgehead atoms. The van der Waals surface area contributed by atoms with Crippen LogP contribution >= 0.6 is 0 Å². The van der Waals surface area contributed by atoms with Crippen molar-refractivity contribution in [1.29, 1.82) is 0 Å². The monoisotopic (exact) mass is 392 g/mol. The second-order valence-electron chi connectivity index (χ2n) is 10.0. The number of fused-ring (bicyclic) bond motifs is 4. The number of hydrogen-bond acceptors (Lipinski definition) is 2. The number of allylic oxidation sites excluding steroid dienone is 1. The molecule has 0 aromatic heterocycles. The Balaban J connectivity index is 1.36. The van der Waals surface area contributed by atoms with E-state index in [2.05, 4.69) is 54.4 Å². The van der Waals surface area contributed by atoms with Crippen LogP contribution in [-0.4, -0.2) is 36.0 Å². The molecular formula is C26H36N2O. The highest BCUT2D eigenvalue weighted by Gasteiger charge is 2.47. The van der Waals surface area contributed by atoms with Gasteiger partial charge in [-0.05, 0) is 81.0 Å². The minimum atomic E-state index is 0.0608. The molecule has 0 radical (unpaired) electrons. The van der Waals surface area contributed by atoms with Crippen molar-refractivity contribution in [2.24, 2.45) is 11.8 Å². The van der Waals surface area contributed by atoms with Gasteiger partial charge in [0.05, 0.1) is 0 Å². The first-order chi connectivity index (χ1) is 14.1. The maximum Gasteiger partial charge on any atom is 0.251 e. The van der Waals surface area contributed by atoms with Crippen molar-refractivity contribution in [3.05, 3.63) is 41.5 Å². The summed E-state index contributed by atoms with van der Waals surface area (Å²) < 4.78 is 0. The highest BCUT2D eigenvalue weighted by molar-refractivity contribution is 6.21. The topological polar surface area (TPSA) is 32.3 Å². The Morgan fingerprint density at radius 1 is 1.14 bits per heavy atom. The van der Waals surface area contributed by atoms with Gasteiger partial charge in [0.25, 0.3) is 5.91 Å². The number of carbonyl (C=O) groups excluding carboxylic acids is 1. The number of likely N-dealkylation sites (tertiary alicyclic amines) is 1. The fourth-order valence-corrected chi connectivity index (χ4v) is 6.85. The number of piperidine rings is 1. The smallest absolute Gasteiger partial charge is 0.251 e. The van der Waals surface area contributed by atoms with Gasteiger partial charge in [0.2, 0.25) is 0 Å². The zero-order valence-corrected chi connectivity index (χ0v) is 18.1. The van der Waals surface area contributed by atoms with Crippen LogP contribution in [0.5, 0.6) is 0 Å². The van der Waals surface area contributed by atoms with Crippen molar-refractivity contribution in [3.8, 4) is 0 Å². The van der Waals surface area contributed by atoms with Crippen LogP contribution in [0.3, 0.4) is 0 Å². The van der Waals surface area contributed by atoms with Crippen LogP contribution in [-0.2, 0) is 10.2 Å². The third-order valence-corrected chi connectivity index (χ3v) is 8.60. The zero-order valence-electron chi connectivity index (χ0n) is 18.1. The molecular weight excluding hydrogens is 356 g/mol. The Labute approximate surface area is 175 Å². The molecule has 29 heavy (non-hydrogen) atoms. The maximum atomic E-state index is 13.1. The summed E-state index contributed by atoms with van der Waals surface area (Å²) in [5, 5.41) is 3.28. The van der Waals surface area contributed by atoms with Gasteiger partial charge in [-0.15, -0.1) is 0 Å². The fraction of sp³-hybridized carbons (Fsp3) is 0.654. The average Bonchev–Trinajstić information content (AvgIpc) is 3.47. The molecule has 1 heterocycles. The van der Waals surface area contributed by atoms with E-state index in [0.717, 1.165) is 49.1 Å². The summed E-state index contributed by atoms with van der Waals surface area (Å²) in [6, 6.07) is 9.77. The van der Waals surface area contributed by atoms with Crippen molar-refractivity contribution in [3.63, 3.8) is 0 Å². The average molecular weight is 393 g/mol. The van der Waals surface area contributed by atoms with Crippen molar-refractivity contribution in [2.45, 2.75) is 82.7 Å². The molecule has 1 aliphatic heterocycles. The predicted molar refractivity (Wildman–Crippen MR) is 119 cm³/mol. The molecule has 156 valence electrons. The summed E-state index contributed by atoms with van der Waals surface area (Å²) in [6.07, 6.45) is 12.5. The van der Waals surface area contributed by atoms with Crippen LogP contribution in [0.1, 0.15) is 76.3 Å². The summed E-state index contributed by atoms with van der Waals surface area (Å²) in [4.78, 5) is 15.9. The van der Waals surface area contributed by atoms with Gasteiger partial charge in [0.1, 0.15) is 0 Å². The number of amides is 1. The molecule has 4 aliphatic rings. The van der Waals surface area contributed by atoms with Crippen LogP contribution in [0, 0.1) is 11.8 Å². The number of hydrogen-bond donors (Lipinski definition) is 1. The summed E-state index contributed by atoms with van der Waals surface area (Å²) in [7, 11) is 0. The lowest BCUT2D eigenvalue weighted by Gasteiger charge is -2.44. The van der Waals surface area contributed by atoms with Crippen molar-refractivity contribution in [2.75, 3.05) is 13.1 Å². The van der Waals surface area contributed by atoms with Crippen molar-refractivity contribution < 1.29 is 4.79 Å². The van der Waals surface area contributed by atoms with Crippen LogP contribution in [0.2, 0.25) is 0 Å². The summed E-state index contributed by atoms with van der Waals surface area (Å²) in [6.45, 7) is 6.66. The molecule has 3 nitrogen and oxygen atoms in total. The van der Waals surface area contributed by atoms with Gasteiger partial charge in [-0.3, -0.25) is 4.79 Å². The van der Waals surface area contributed by atoms with E-state index in [9.17, 15) is 4.79 Å². The number of nitrogens with zero attached hydrogens (tertiary/aromatic N) is 1. The van der Waals surface area contributed by atoms with E-state index in [0.29, 0.717) is 0 Å². The van der Waals surface area contributed by atoms with Gasteiger partial charge in [-0.25, -0.2) is 0 Å². The standard InChI is InChI=1S/C26H36N2O/c1-3-20(4-2)27-25(29)22-17-26(23-8-6-5-7-21(22)23)11-13-28(14-12-26)24-16-18-9-10-19(24)15-18/h5-8,17-20,24H,3-4,9-16H2,1-2H3,(H,27,29). The first kappa shape index (κ1) is 19.4. The number of rotatable bonds is 5. The molecule has 3 heteroatoms. The molecule has 3 aliphatic carbocycles. The van der Waals surface area contributed by atoms with Crippen LogP contribution in [0.4, 0.5) is 0 Å². The lowest BCUT2D eigenvalue weighted by molar-refractivity contribution is -0.116. The molecule has 2 saturated carbocycles. The fourth-order valence-electron chi connectivity index (χ4n) is 6.85. The molecule has 3 atom stereocenters. The molecule has 3 unspecified atom stereocenters. The third-order valence-electron chi connectivity index (χ3n) is 8.60. The van der Waals surface area contributed by atoms with E-state index in [1.165, 1.54) is 49.9 Å². The van der Waals surface area contributed by atoms with Gasteiger partial charge >= 0.3 is 0 Å². The minimum absolute atomic E-state index is 0.0608. The van der Waals surface area contributed by atoms with E-state index in [1.807, 2.05) is 0 Å². The van der Waals surface area contributed by atoms with Gasteiger partial charge in [-0.2, -0.15) is 0 Å². The lowest BCUT2D eigenvalue weighted by atomic mass is 9.74. The van der Waals surface area contributed by atoms with E-state index in [-0.39, 0.29) is 17.4 Å². The quantitative estimate of drug-likeness (QED) is 0.772. The third kappa shape index (κ3) is 3.26. The van der Waals surface area contributed by atoms with Crippen molar-refractivity contribution >= 4 is 11.5 Å².